The smallest absolute Gasteiger partial charge is 0.242 e. The van der Waals surface area contributed by atoms with Crippen LogP contribution in [-0.4, -0.2) is 13.3 Å². The lowest BCUT2D eigenvalue weighted by atomic mass is 9.92. The zero-order chi connectivity index (χ0) is 25.9. The number of nitrogens with one attached hydrogen (secondary N) is 1. The normalized spacial score (nSPS) is 12.7. The summed E-state index contributed by atoms with van der Waals surface area (Å²) < 4.78 is 6.41. The van der Waals surface area contributed by atoms with E-state index in [9.17, 15) is 0 Å². The molecule has 0 saturated carbocycles. The predicted octanol–water partition coefficient (Wildman–Crippen LogP) is 9.47. The molecule has 5 heteroatoms. The van der Waals surface area contributed by atoms with Gasteiger partial charge in [-0.05, 0) is 60.3 Å². The van der Waals surface area contributed by atoms with Crippen molar-refractivity contribution >= 4 is 25.3 Å². The fourth-order valence-corrected chi connectivity index (χ4v) is 6.17. The van der Waals surface area contributed by atoms with Gasteiger partial charge in [-0.1, -0.05) is 88.4 Å². The van der Waals surface area contributed by atoms with Crippen molar-refractivity contribution in [2.24, 2.45) is 0 Å². The predicted molar refractivity (Wildman–Crippen MR) is 158 cm³/mol. The van der Waals surface area contributed by atoms with Crippen molar-refractivity contribution in [3.05, 3.63) is 99.9 Å². The van der Waals surface area contributed by atoms with Gasteiger partial charge in [0.2, 0.25) is 8.32 Å². The second kappa shape index (κ2) is 11.0. The maximum atomic E-state index is 6.41. The van der Waals surface area contributed by atoms with Crippen molar-refractivity contribution in [1.82, 2.24) is 4.98 Å². The fraction of sp³-hybridized carbons (Fsp3) is 0.323. The first-order chi connectivity index (χ1) is 17.1. The number of para-hydroxylation sites is 2. The van der Waals surface area contributed by atoms with Crippen LogP contribution in [0, 0.1) is 0 Å². The number of nitrogens with zero attached hydrogens (tertiary/aromatic N) is 1. The first kappa shape index (κ1) is 26.2. The third-order valence-electron chi connectivity index (χ3n) is 6.14. The molecule has 4 aromatic rings. The topological polar surface area (TPSA) is 34.2 Å². The van der Waals surface area contributed by atoms with Crippen LogP contribution in [0.4, 0.5) is 5.69 Å². The number of thiazole rings is 1. The summed E-state index contributed by atoms with van der Waals surface area (Å²) in [5, 5.41) is 7.16. The van der Waals surface area contributed by atoms with E-state index in [4.69, 9.17) is 9.41 Å². The van der Waals surface area contributed by atoms with Crippen molar-refractivity contribution in [3.63, 3.8) is 0 Å². The van der Waals surface area contributed by atoms with Crippen LogP contribution in [0.25, 0.3) is 11.3 Å². The molecule has 0 amide bonds. The average molecular weight is 515 g/mol. The van der Waals surface area contributed by atoms with Crippen molar-refractivity contribution < 1.29 is 4.43 Å². The van der Waals surface area contributed by atoms with Crippen LogP contribution in [0.2, 0.25) is 19.6 Å². The van der Waals surface area contributed by atoms with E-state index < -0.39 is 8.32 Å². The Morgan fingerprint density at radius 2 is 1.39 bits per heavy atom. The highest BCUT2D eigenvalue weighted by Gasteiger charge is 2.24. The Morgan fingerprint density at radius 1 is 0.778 bits per heavy atom. The Bertz CT molecular complexity index is 1270. The van der Waals surface area contributed by atoms with E-state index in [2.05, 4.69) is 125 Å². The van der Waals surface area contributed by atoms with Gasteiger partial charge in [-0.3, -0.25) is 0 Å². The Kier molecular flexibility index (Phi) is 8.01. The SMILES string of the molecule is CC(C)c1cccc(C(C)C)c1NC(c1ccccc1)c1nc(-c2ccccc2O[Si](C)(C)C)cs1. The molecule has 0 aliphatic heterocycles. The van der Waals surface area contributed by atoms with Crippen LogP contribution < -0.4 is 9.74 Å². The van der Waals surface area contributed by atoms with Gasteiger partial charge in [0.25, 0.3) is 0 Å². The maximum Gasteiger partial charge on any atom is 0.242 e. The quantitative estimate of drug-likeness (QED) is 0.226. The van der Waals surface area contributed by atoms with Gasteiger partial charge in [-0.2, -0.15) is 0 Å². The van der Waals surface area contributed by atoms with E-state index in [1.807, 2.05) is 6.07 Å². The summed E-state index contributed by atoms with van der Waals surface area (Å²) in [5.74, 6) is 1.75. The molecule has 3 aromatic carbocycles. The summed E-state index contributed by atoms with van der Waals surface area (Å²) in [6, 6.07) is 25.6. The molecule has 1 N–H and O–H groups in total. The van der Waals surface area contributed by atoms with E-state index in [1.54, 1.807) is 11.3 Å². The van der Waals surface area contributed by atoms with Gasteiger partial charge in [0.1, 0.15) is 16.8 Å². The minimum absolute atomic E-state index is 0.0487. The van der Waals surface area contributed by atoms with Gasteiger partial charge in [0, 0.05) is 16.6 Å². The lowest BCUT2D eigenvalue weighted by molar-refractivity contribution is 0.559. The lowest BCUT2D eigenvalue weighted by Gasteiger charge is -2.26. The van der Waals surface area contributed by atoms with Gasteiger partial charge >= 0.3 is 0 Å². The van der Waals surface area contributed by atoms with E-state index in [1.165, 1.54) is 22.4 Å². The summed E-state index contributed by atoms with van der Waals surface area (Å²) in [6.45, 7) is 15.7. The molecule has 0 fully saturated rings. The fourth-order valence-electron chi connectivity index (χ4n) is 4.44. The Balaban J connectivity index is 1.79. The van der Waals surface area contributed by atoms with Crippen LogP contribution in [0.5, 0.6) is 5.75 Å². The molecule has 1 unspecified atom stereocenters. The highest BCUT2D eigenvalue weighted by molar-refractivity contribution is 7.10. The van der Waals surface area contributed by atoms with E-state index in [0.717, 1.165) is 22.0 Å². The van der Waals surface area contributed by atoms with Crippen LogP contribution in [0.3, 0.4) is 0 Å². The van der Waals surface area contributed by atoms with E-state index in [-0.39, 0.29) is 6.04 Å². The first-order valence-corrected chi connectivity index (χ1v) is 17.1. The van der Waals surface area contributed by atoms with Gasteiger partial charge in [0.15, 0.2) is 0 Å². The number of hydrogen-bond acceptors (Lipinski definition) is 4. The van der Waals surface area contributed by atoms with Crippen LogP contribution >= 0.6 is 11.3 Å². The molecule has 188 valence electrons. The molecule has 0 spiro atoms. The van der Waals surface area contributed by atoms with Crippen molar-refractivity contribution in [2.45, 2.75) is 65.2 Å². The zero-order valence-electron chi connectivity index (χ0n) is 22.5. The van der Waals surface area contributed by atoms with E-state index in [0.29, 0.717) is 11.8 Å². The molecule has 3 nitrogen and oxygen atoms in total. The van der Waals surface area contributed by atoms with Crippen LogP contribution in [0.15, 0.2) is 78.2 Å². The lowest BCUT2D eigenvalue weighted by Crippen LogP contribution is -2.29. The van der Waals surface area contributed by atoms with Gasteiger partial charge in [-0.15, -0.1) is 11.3 Å². The second-order valence-corrected chi connectivity index (χ2v) is 16.2. The Labute approximate surface area is 221 Å². The summed E-state index contributed by atoms with van der Waals surface area (Å²) >= 11 is 1.70. The first-order valence-electron chi connectivity index (χ1n) is 12.8. The molecule has 36 heavy (non-hydrogen) atoms. The standard InChI is InChI=1S/C31H38N2OSSi/c1-21(2)24-17-13-18-25(22(3)4)30(24)33-29(23-14-9-8-10-15-23)31-32-27(20-35-31)26-16-11-12-19-28(26)34-36(5,6)7/h8-22,29,33H,1-7H3. The molecular formula is C31H38N2OSSi. The Morgan fingerprint density at radius 3 is 2.00 bits per heavy atom. The molecule has 0 aliphatic carbocycles. The van der Waals surface area contributed by atoms with E-state index >= 15 is 0 Å². The second-order valence-electron chi connectivity index (χ2n) is 10.9. The Hall–Kier alpha value is -2.89. The number of rotatable bonds is 9. The van der Waals surface area contributed by atoms with Gasteiger partial charge in [-0.25, -0.2) is 4.98 Å². The minimum atomic E-state index is -1.75. The third kappa shape index (κ3) is 6.08. The molecular weight excluding hydrogens is 477 g/mol. The molecule has 0 bridgehead atoms. The molecule has 0 aliphatic rings. The largest absolute Gasteiger partial charge is 0.544 e. The summed E-state index contributed by atoms with van der Waals surface area (Å²) in [7, 11) is -1.75. The highest BCUT2D eigenvalue weighted by Crippen LogP contribution is 2.39. The van der Waals surface area contributed by atoms with Gasteiger partial charge in [0.05, 0.1) is 5.69 Å². The number of aromatic nitrogens is 1. The monoisotopic (exact) mass is 514 g/mol. The zero-order valence-corrected chi connectivity index (χ0v) is 24.3. The van der Waals surface area contributed by atoms with Crippen molar-refractivity contribution in [3.8, 4) is 17.0 Å². The van der Waals surface area contributed by atoms with Gasteiger partial charge < -0.3 is 9.74 Å². The molecule has 0 radical (unpaired) electrons. The molecule has 1 heterocycles. The highest BCUT2D eigenvalue weighted by atomic mass is 32.1. The maximum absolute atomic E-state index is 6.41. The number of anilines is 1. The van der Waals surface area contributed by atoms with Crippen LogP contribution in [-0.2, 0) is 0 Å². The summed E-state index contributed by atoms with van der Waals surface area (Å²) in [4.78, 5) is 5.18. The summed E-state index contributed by atoms with van der Waals surface area (Å²) in [6.07, 6.45) is 0. The molecule has 0 saturated heterocycles. The third-order valence-corrected chi connectivity index (χ3v) is 7.88. The van der Waals surface area contributed by atoms with Crippen molar-refractivity contribution in [2.75, 3.05) is 5.32 Å². The number of hydrogen-bond donors (Lipinski definition) is 1. The minimum Gasteiger partial charge on any atom is -0.544 e. The molecule has 1 atom stereocenters. The van der Waals surface area contributed by atoms with Crippen molar-refractivity contribution in [1.29, 1.82) is 0 Å². The average Bonchev–Trinajstić information content (AvgIpc) is 3.31. The molecule has 4 rings (SSSR count). The molecule has 1 aromatic heterocycles. The van der Waals surface area contributed by atoms with Crippen LogP contribution in [0.1, 0.15) is 67.3 Å². The summed E-state index contributed by atoms with van der Waals surface area (Å²) in [5.41, 5.74) is 7.14. The number of benzene rings is 3.